The topological polar surface area (TPSA) is 48.5 Å². The van der Waals surface area contributed by atoms with Crippen LogP contribution in [-0.4, -0.2) is 24.1 Å². The molecule has 4 heterocycles. The van der Waals surface area contributed by atoms with E-state index in [0.717, 1.165) is 55.6 Å². The van der Waals surface area contributed by atoms with Crippen LogP contribution in [0.4, 0.5) is 0 Å². The molecule has 6 heteroatoms. The van der Waals surface area contributed by atoms with E-state index in [1.165, 1.54) is 58.2 Å². The summed E-state index contributed by atoms with van der Waals surface area (Å²) in [5.74, 6) is 1.88. The van der Waals surface area contributed by atoms with Gasteiger partial charge in [0.2, 0.25) is 0 Å². The lowest BCUT2D eigenvalue weighted by molar-refractivity contribution is 1.07. The fraction of sp³-hybridized carbons (Fsp3) is 0. The first kappa shape index (κ1) is 37.6. The lowest BCUT2D eigenvalue weighted by Gasteiger charge is -2.14. The number of fused-ring (bicyclic) bond motifs is 10. The minimum Gasteiger partial charge on any atom is -0.307 e. The SMILES string of the molecule is c1ccc(-n2c3ccccc3c3cccc(-n4c5ccccc5c5ccc(-c6nc(-c7ccc(-c8ccc9ccccc9c8)cc7)nc(-c7ccc8c(c7)sc7ccccc78)n6)cc54)c32)cc1. The fourth-order valence-electron chi connectivity index (χ4n) is 10.2. The summed E-state index contributed by atoms with van der Waals surface area (Å²) in [5.41, 5.74) is 11.8. The van der Waals surface area contributed by atoms with Gasteiger partial charge in [-0.25, -0.2) is 15.0 Å². The Morgan fingerprint density at radius 1 is 0.299 bits per heavy atom. The predicted molar refractivity (Wildman–Crippen MR) is 281 cm³/mol. The number of aromatic nitrogens is 5. The highest BCUT2D eigenvalue weighted by Crippen LogP contribution is 2.41. The third-order valence-corrected chi connectivity index (χ3v) is 14.5. The summed E-state index contributed by atoms with van der Waals surface area (Å²) < 4.78 is 7.31. The molecule has 0 aliphatic rings. The minimum atomic E-state index is 0.616. The van der Waals surface area contributed by atoms with Crippen molar-refractivity contribution >= 4 is 85.9 Å². The van der Waals surface area contributed by atoms with E-state index in [4.69, 9.17) is 15.0 Å². The first-order valence-electron chi connectivity index (χ1n) is 22.6. The minimum absolute atomic E-state index is 0.616. The van der Waals surface area contributed by atoms with Crippen LogP contribution in [0.15, 0.2) is 224 Å². The second-order valence-corrected chi connectivity index (χ2v) is 18.3. The summed E-state index contributed by atoms with van der Waals surface area (Å²) in [7, 11) is 0. The zero-order chi connectivity index (χ0) is 44.0. The molecule has 0 saturated carbocycles. The van der Waals surface area contributed by atoms with Crippen LogP contribution in [-0.2, 0) is 0 Å². The van der Waals surface area contributed by atoms with Gasteiger partial charge in [0.05, 0.1) is 27.8 Å². The van der Waals surface area contributed by atoms with Crippen molar-refractivity contribution in [3.63, 3.8) is 0 Å². The summed E-state index contributed by atoms with van der Waals surface area (Å²) in [6.45, 7) is 0. The third kappa shape index (κ3) is 6.04. The number of hydrogen-bond donors (Lipinski definition) is 0. The van der Waals surface area contributed by atoms with Crippen molar-refractivity contribution in [1.82, 2.24) is 24.1 Å². The van der Waals surface area contributed by atoms with Crippen LogP contribution in [0.25, 0.3) is 131 Å². The molecule has 0 atom stereocenters. The molecule has 0 spiro atoms. The highest BCUT2D eigenvalue weighted by Gasteiger charge is 2.21. The molecule has 67 heavy (non-hydrogen) atoms. The van der Waals surface area contributed by atoms with Crippen LogP contribution in [0.2, 0.25) is 0 Å². The predicted octanol–water partition coefficient (Wildman–Crippen LogP) is 16.3. The Labute approximate surface area is 389 Å². The number of rotatable bonds is 6. The third-order valence-electron chi connectivity index (χ3n) is 13.4. The van der Waals surface area contributed by atoms with E-state index in [-0.39, 0.29) is 0 Å². The van der Waals surface area contributed by atoms with Gasteiger partial charge in [0.1, 0.15) is 0 Å². The molecule has 0 fully saturated rings. The zero-order valence-electron chi connectivity index (χ0n) is 36.0. The first-order chi connectivity index (χ1) is 33.2. The van der Waals surface area contributed by atoms with Gasteiger partial charge in [0.15, 0.2) is 17.5 Å². The highest BCUT2D eigenvalue weighted by atomic mass is 32.1. The van der Waals surface area contributed by atoms with Gasteiger partial charge in [-0.05, 0) is 76.5 Å². The van der Waals surface area contributed by atoms with Crippen LogP contribution in [0.3, 0.4) is 0 Å². The molecule has 14 aromatic rings. The smallest absolute Gasteiger partial charge is 0.164 e. The maximum Gasteiger partial charge on any atom is 0.164 e. The van der Waals surface area contributed by atoms with Gasteiger partial charge in [0.25, 0.3) is 0 Å². The van der Waals surface area contributed by atoms with Crippen molar-refractivity contribution in [3.8, 4) is 56.7 Å². The van der Waals surface area contributed by atoms with E-state index in [9.17, 15) is 0 Å². The molecule has 0 radical (unpaired) electrons. The highest BCUT2D eigenvalue weighted by molar-refractivity contribution is 7.25. The lowest BCUT2D eigenvalue weighted by Crippen LogP contribution is -2.01. The Hall–Kier alpha value is -8.71. The molecule has 0 N–H and O–H groups in total. The second kappa shape index (κ2) is 14.9. The molecule has 5 nitrogen and oxygen atoms in total. The summed E-state index contributed by atoms with van der Waals surface area (Å²) in [4.78, 5) is 15.9. The maximum absolute atomic E-state index is 5.32. The van der Waals surface area contributed by atoms with Gasteiger partial charge in [-0.1, -0.05) is 170 Å². The summed E-state index contributed by atoms with van der Waals surface area (Å²) in [6.07, 6.45) is 0. The first-order valence-corrected chi connectivity index (χ1v) is 23.4. The van der Waals surface area contributed by atoms with Crippen LogP contribution in [0.5, 0.6) is 0 Å². The molecule has 0 aliphatic heterocycles. The van der Waals surface area contributed by atoms with Crippen molar-refractivity contribution in [2.45, 2.75) is 0 Å². The standard InChI is InChI=1S/C61H37N5S/c1-2-15-45(16-3-1)65-52-21-9-7-18-47(52)51-20-12-23-54(58(51)65)66-53-22-10-6-17-46(53)48-33-31-43(36-55(48)66)60-62-59(40-28-25-39(26-29-40)42-30-27-38-13-4-5-14-41(38)35-42)63-61(64-60)44-32-34-50-49-19-8-11-24-56(49)67-57(50)37-44/h1-37H. The monoisotopic (exact) mass is 871 g/mol. The molecule has 312 valence electrons. The lowest BCUT2D eigenvalue weighted by atomic mass is 10.00. The average molecular weight is 872 g/mol. The molecule has 0 amide bonds. The number of thiophene rings is 1. The van der Waals surface area contributed by atoms with Crippen LogP contribution in [0.1, 0.15) is 0 Å². The fourth-order valence-corrected chi connectivity index (χ4v) is 11.3. The Balaban J connectivity index is 0.976. The van der Waals surface area contributed by atoms with E-state index in [0.29, 0.717) is 17.5 Å². The van der Waals surface area contributed by atoms with Gasteiger partial charge in [-0.2, -0.15) is 0 Å². The number of hydrogen-bond acceptors (Lipinski definition) is 4. The van der Waals surface area contributed by atoms with Crippen molar-refractivity contribution in [2.24, 2.45) is 0 Å². The van der Waals surface area contributed by atoms with Gasteiger partial charge in [-0.3, -0.25) is 0 Å². The van der Waals surface area contributed by atoms with Crippen molar-refractivity contribution in [3.05, 3.63) is 224 Å². The summed E-state index contributed by atoms with van der Waals surface area (Å²) >= 11 is 1.80. The van der Waals surface area contributed by atoms with E-state index in [2.05, 4.69) is 234 Å². The molecule has 0 unspecified atom stereocenters. The largest absolute Gasteiger partial charge is 0.307 e. The van der Waals surface area contributed by atoms with Crippen molar-refractivity contribution in [1.29, 1.82) is 0 Å². The van der Waals surface area contributed by atoms with Crippen molar-refractivity contribution in [2.75, 3.05) is 0 Å². The summed E-state index contributed by atoms with van der Waals surface area (Å²) in [6, 6.07) is 80.4. The number of nitrogens with zero attached hydrogens (tertiary/aromatic N) is 5. The number of benzene rings is 10. The molecular weight excluding hydrogens is 835 g/mol. The second-order valence-electron chi connectivity index (χ2n) is 17.2. The quantitative estimate of drug-likeness (QED) is 0.167. The Bertz CT molecular complexity index is 4270. The molecule has 4 aromatic heterocycles. The molecule has 0 aliphatic carbocycles. The van der Waals surface area contributed by atoms with E-state index in [1.54, 1.807) is 11.3 Å². The Kier molecular flexibility index (Phi) is 8.38. The molecule has 0 saturated heterocycles. The average Bonchev–Trinajstić information content (AvgIpc) is 4.06. The molecular formula is C61H37N5S. The van der Waals surface area contributed by atoms with Crippen LogP contribution in [0, 0.1) is 0 Å². The van der Waals surface area contributed by atoms with Crippen LogP contribution < -0.4 is 0 Å². The molecule has 14 rings (SSSR count). The normalized spacial score (nSPS) is 11.9. The summed E-state index contributed by atoms with van der Waals surface area (Å²) in [5, 5.41) is 9.72. The molecule has 10 aromatic carbocycles. The van der Waals surface area contributed by atoms with Gasteiger partial charge >= 0.3 is 0 Å². The van der Waals surface area contributed by atoms with Gasteiger partial charge in [-0.15, -0.1) is 11.3 Å². The maximum atomic E-state index is 5.32. The Morgan fingerprint density at radius 3 is 1.63 bits per heavy atom. The van der Waals surface area contributed by atoms with E-state index in [1.807, 2.05) is 0 Å². The van der Waals surface area contributed by atoms with Crippen molar-refractivity contribution < 1.29 is 0 Å². The Morgan fingerprint density at radius 2 is 0.836 bits per heavy atom. The van der Waals surface area contributed by atoms with Gasteiger partial charge in [0, 0.05) is 64.1 Å². The van der Waals surface area contributed by atoms with Gasteiger partial charge < -0.3 is 9.13 Å². The zero-order valence-corrected chi connectivity index (χ0v) is 36.8. The molecule has 0 bridgehead atoms. The van der Waals surface area contributed by atoms with E-state index >= 15 is 0 Å². The van der Waals surface area contributed by atoms with E-state index < -0.39 is 0 Å². The van der Waals surface area contributed by atoms with Crippen LogP contribution >= 0.6 is 11.3 Å². The number of para-hydroxylation sites is 4.